The third kappa shape index (κ3) is 7.75. The molecule has 0 aliphatic heterocycles. The second-order valence-corrected chi connectivity index (χ2v) is 16.5. The van der Waals surface area contributed by atoms with Gasteiger partial charge in [-0.15, -0.1) is 0 Å². The summed E-state index contributed by atoms with van der Waals surface area (Å²) in [6.07, 6.45) is 1.26. The first-order valence-corrected chi connectivity index (χ1v) is 15.3. The zero-order valence-electron chi connectivity index (χ0n) is 22.0. The fourth-order valence-corrected chi connectivity index (χ4v) is 13.0. The molecule has 4 rings (SSSR count). The van der Waals surface area contributed by atoms with Crippen LogP contribution in [0.4, 0.5) is 0 Å². The van der Waals surface area contributed by atoms with Crippen molar-refractivity contribution in [1.82, 2.24) is 0 Å². The van der Waals surface area contributed by atoms with Crippen LogP contribution in [0.25, 0.3) is 0 Å². The molecule has 0 bridgehead atoms. The summed E-state index contributed by atoms with van der Waals surface area (Å²) >= 11 is 0. The fourth-order valence-electron chi connectivity index (χ4n) is 5.28. The van der Waals surface area contributed by atoms with Crippen LogP contribution in [0.5, 0.6) is 0 Å². The van der Waals surface area contributed by atoms with Gasteiger partial charge < -0.3 is 0 Å². The van der Waals surface area contributed by atoms with Crippen LogP contribution in [-0.2, 0) is 17.1 Å². The van der Waals surface area contributed by atoms with E-state index in [0.717, 1.165) is 0 Å². The molecular formula is C32H40FeP2. The van der Waals surface area contributed by atoms with Gasteiger partial charge in [0, 0.05) is 0 Å². The molecular weight excluding hydrogens is 502 g/mol. The van der Waals surface area contributed by atoms with Gasteiger partial charge in [0.25, 0.3) is 0 Å². The van der Waals surface area contributed by atoms with E-state index in [9.17, 15) is 0 Å². The monoisotopic (exact) mass is 542 g/mol. The van der Waals surface area contributed by atoms with Gasteiger partial charge in [0.05, 0.1) is 0 Å². The molecule has 0 saturated heterocycles. The largest absolute Gasteiger partial charge is 2.00 e. The van der Waals surface area contributed by atoms with E-state index in [-0.39, 0.29) is 30.1 Å². The quantitative estimate of drug-likeness (QED) is 0.124. The molecule has 0 radical (unpaired) electrons. The van der Waals surface area contributed by atoms with Gasteiger partial charge >= 0.3 is 17.1 Å². The van der Waals surface area contributed by atoms with Gasteiger partial charge in [0.15, 0.2) is 0 Å². The van der Waals surface area contributed by atoms with Gasteiger partial charge in [-0.1, -0.05) is 110 Å². The summed E-state index contributed by atoms with van der Waals surface area (Å²) in [5.41, 5.74) is 1.99. The Bertz CT molecular complexity index is 989. The molecule has 0 aromatic heterocycles. The maximum Gasteiger partial charge on any atom is 2.00 e. The molecule has 35 heavy (non-hydrogen) atoms. The Hall–Kier alpha value is -1.48. The van der Waals surface area contributed by atoms with Crippen molar-refractivity contribution in [2.75, 3.05) is 6.16 Å². The molecule has 2 atom stereocenters. The third-order valence-corrected chi connectivity index (χ3v) is 13.7. The Balaban J connectivity index is 0.000000640. The van der Waals surface area contributed by atoms with Crippen LogP contribution in [0.2, 0.25) is 0 Å². The van der Waals surface area contributed by atoms with Crippen LogP contribution >= 0.6 is 15.8 Å². The van der Waals surface area contributed by atoms with Crippen molar-refractivity contribution in [3.05, 3.63) is 121 Å². The van der Waals surface area contributed by atoms with Crippen molar-refractivity contribution in [2.45, 2.75) is 57.5 Å². The first kappa shape index (κ1) is 29.7. The minimum absolute atomic E-state index is 0. The molecule has 0 N–H and O–H groups in total. The Kier molecular flexibility index (Phi) is 11.7. The van der Waals surface area contributed by atoms with Crippen molar-refractivity contribution in [3.8, 4) is 0 Å². The number of rotatable bonds is 7. The first-order chi connectivity index (χ1) is 16.3. The number of hydrogen-bond donors (Lipinski definition) is 0. The summed E-state index contributed by atoms with van der Waals surface area (Å²) in [6.45, 7) is 14.8. The van der Waals surface area contributed by atoms with Crippen LogP contribution in [0, 0.1) is 0 Å². The molecule has 0 heterocycles. The molecule has 3 heteroatoms. The molecule has 4 aromatic rings. The van der Waals surface area contributed by atoms with Crippen LogP contribution in [0.1, 0.15) is 52.8 Å². The van der Waals surface area contributed by atoms with Gasteiger partial charge in [-0.3, -0.25) is 0 Å². The van der Waals surface area contributed by atoms with E-state index in [4.69, 9.17) is 0 Å². The summed E-state index contributed by atoms with van der Waals surface area (Å²) in [6, 6.07) is 41.6. The van der Waals surface area contributed by atoms with Crippen molar-refractivity contribution in [1.29, 1.82) is 0 Å². The fraction of sp³-hybridized carbons (Fsp3) is 0.312. The van der Waals surface area contributed by atoms with Crippen molar-refractivity contribution < 1.29 is 17.1 Å². The van der Waals surface area contributed by atoms with E-state index < -0.39 is 7.92 Å². The average Bonchev–Trinajstić information content (AvgIpc) is 3.55. The molecule has 2 unspecified atom stereocenters. The Labute approximate surface area is 227 Å². The van der Waals surface area contributed by atoms with Crippen molar-refractivity contribution in [3.63, 3.8) is 0 Å². The van der Waals surface area contributed by atoms with E-state index in [1.807, 2.05) is 30.3 Å². The Morgan fingerprint density at radius 2 is 1.20 bits per heavy atom. The van der Waals surface area contributed by atoms with E-state index in [2.05, 4.69) is 126 Å². The summed E-state index contributed by atoms with van der Waals surface area (Å²) in [5.74, 6) is 0. The third-order valence-electron chi connectivity index (χ3n) is 6.38. The molecule has 4 aromatic carbocycles. The predicted octanol–water partition coefficient (Wildman–Crippen LogP) is 9.06. The Morgan fingerprint density at radius 1 is 0.686 bits per heavy atom. The zero-order chi connectivity index (χ0) is 24.6. The molecule has 0 saturated carbocycles. The molecule has 0 nitrogen and oxygen atoms in total. The second kappa shape index (κ2) is 13.7. The zero-order valence-corrected chi connectivity index (χ0v) is 24.9. The van der Waals surface area contributed by atoms with Gasteiger partial charge in [-0.05, 0) is 40.7 Å². The summed E-state index contributed by atoms with van der Waals surface area (Å²) in [4.78, 5) is 0. The number of hydrogen-bond acceptors (Lipinski definition) is 0. The number of benzene rings is 2. The minimum Gasteiger partial charge on any atom is -0.214 e. The van der Waals surface area contributed by atoms with Crippen LogP contribution in [0.15, 0.2) is 115 Å². The van der Waals surface area contributed by atoms with Gasteiger partial charge in [-0.2, -0.15) is 35.9 Å². The summed E-state index contributed by atoms with van der Waals surface area (Å²) in [5, 5.41) is 3.50. The van der Waals surface area contributed by atoms with Crippen molar-refractivity contribution in [2.24, 2.45) is 0 Å². The van der Waals surface area contributed by atoms with E-state index in [1.54, 1.807) is 0 Å². The van der Waals surface area contributed by atoms with Crippen LogP contribution in [-0.4, -0.2) is 16.5 Å². The van der Waals surface area contributed by atoms with Gasteiger partial charge in [0.2, 0.25) is 0 Å². The van der Waals surface area contributed by atoms with E-state index >= 15 is 0 Å². The second-order valence-electron chi connectivity index (χ2n) is 10.2. The molecule has 0 amide bonds. The van der Waals surface area contributed by atoms with Crippen LogP contribution in [0.3, 0.4) is 0 Å². The van der Waals surface area contributed by atoms with Crippen LogP contribution < -0.4 is 10.6 Å². The SMILES string of the molecule is CCP(C(C)(C)C)C(C)(C)C(c1ccc[cH-]1)P(c1ccccc1)c1ccccc1.[Fe+2].c1cc[cH-]c1. The normalized spacial score (nSPS) is 13.3. The average molecular weight is 542 g/mol. The maximum absolute atomic E-state index is 2.55. The molecule has 186 valence electrons. The molecule has 0 spiro atoms. The molecule has 0 fully saturated rings. The minimum atomic E-state index is -0.522. The van der Waals surface area contributed by atoms with Crippen molar-refractivity contribution >= 4 is 26.5 Å². The van der Waals surface area contributed by atoms with E-state index in [0.29, 0.717) is 10.8 Å². The first-order valence-electron chi connectivity index (χ1n) is 12.3. The Morgan fingerprint density at radius 3 is 1.54 bits per heavy atom. The summed E-state index contributed by atoms with van der Waals surface area (Å²) < 4.78 is 0. The maximum atomic E-state index is 2.55. The standard InChI is InChI=1S/C27H35P2.C5H5.Fe/c1-7-28(26(2,3)4)27(5,6)25(22-16-14-15-17-22)29(23-18-10-8-11-19-23)24-20-12-9-13-21-24;1-2-4-5-3-1;/h8-21,25H,7H2,1-6H3;1-5H;/q2*-1;+2. The van der Waals surface area contributed by atoms with E-state index in [1.165, 1.54) is 22.3 Å². The predicted molar refractivity (Wildman–Crippen MR) is 157 cm³/mol. The smallest absolute Gasteiger partial charge is 0.214 e. The van der Waals surface area contributed by atoms with Gasteiger partial charge in [0.1, 0.15) is 0 Å². The summed E-state index contributed by atoms with van der Waals surface area (Å²) in [7, 11) is -0.706. The molecule has 0 aliphatic carbocycles. The molecule has 0 aliphatic rings. The topological polar surface area (TPSA) is 0 Å². The van der Waals surface area contributed by atoms with Gasteiger partial charge in [-0.25, -0.2) is 24.3 Å².